The van der Waals surface area contributed by atoms with Crippen LogP contribution in [0, 0.1) is 6.07 Å². The Morgan fingerprint density at radius 1 is 1.62 bits per heavy atom. The van der Waals surface area contributed by atoms with E-state index in [-0.39, 0.29) is 19.5 Å². The first-order valence-corrected chi connectivity index (χ1v) is 1.85. The Balaban J connectivity index is 0.000000490. The molecule has 0 unspecified atom stereocenters. The zero-order chi connectivity index (χ0) is 5.11. The molecule has 0 amide bonds. The molecule has 0 bridgehead atoms. The summed E-state index contributed by atoms with van der Waals surface area (Å²) in [5.41, 5.74) is -0.428. The van der Waals surface area contributed by atoms with Gasteiger partial charge in [-0.3, -0.25) is 4.79 Å². The van der Waals surface area contributed by atoms with Gasteiger partial charge in [0.15, 0.2) is 0 Å². The van der Waals surface area contributed by atoms with Crippen molar-refractivity contribution in [2.45, 2.75) is 0 Å². The van der Waals surface area contributed by atoms with Gasteiger partial charge in [-0.25, -0.2) is 6.07 Å². The second kappa shape index (κ2) is 3.56. The van der Waals surface area contributed by atoms with E-state index >= 15 is 0 Å². The van der Waals surface area contributed by atoms with Crippen molar-refractivity contribution < 1.29 is 23.9 Å². The maximum absolute atomic E-state index is 10.0. The minimum atomic E-state index is -0.428. The van der Waals surface area contributed by atoms with Gasteiger partial charge >= 0.3 is 19.5 Å². The molecule has 0 aliphatic carbocycles. The summed E-state index contributed by atoms with van der Waals surface area (Å²) in [4.78, 5) is 10.0. The topological polar surface area (TPSA) is 30.2 Å². The fourth-order valence-corrected chi connectivity index (χ4v) is 0.291. The first kappa shape index (κ1) is 7.57. The molecule has 1 radical (unpaired) electrons. The van der Waals surface area contributed by atoms with Crippen LogP contribution in [0.25, 0.3) is 0 Å². The first-order valence-electron chi connectivity index (χ1n) is 1.85. The van der Waals surface area contributed by atoms with Crippen LogP contribution in [-0.4, -0.2) is 0 Å². The summed E-state index contributed by atoms with van der Waals surface area (Å²) in [5.74, 6) is 0. The van der Waals surface area contributed by atoms with Crippen molar-refractivity contribution in [2.75, 3.05) is 0 Å². The molecule has 1 rings (SSSR count). The Bertz CT molecular complexity index is 176. The maximum atomic E-state index is 10.0. The molecule has 0 aliphatic rings. The van der Waals surface area contributed by atoms with Crippen molar-refractivity contribution >= 4 is 0 Å². The van der Waals surface area contributed by atoms with Crippen LogP contribution in [0.4, 0.5) is 0 Å². The summed E-state index contributed by atoms with van der Waals surface area (Å²) >= 11 is 0. The zero-order valence-electron chi connectivity index (χ0n) is 4.55. The summed E-state index contributed by atoms with van der Waals surface area (Å²) in [7, 11) is 0. The van der Waals surface area contributed by atoms with Gasteiger partial charge in [-0.15, -0.1) is 0 Å². The van der Waals surface area contributed by atoms with E-state index in [4.69, 9.17) is 0 Å². The Labute approximate surface area is 59.3 Å². The fraction of sp³-hybridized carbons (Fsp3) is 0. The SMILES string of the molecule is O=c1[c-]ccco1.[ZnH+]. The third kappa shape index (κ3) is 2.03. The van der Waals surface area contributed by atoms with Crippen LogP contribution in [0.15, 0.2) is 27.6 Å². The average molecular weight is 161 g/mol. The Hall–Kier alpha value is -0.427. The predicted octanol–water partition coefficient (Wildman–Crippen LogP) is 0.170. The molecule has 0 saturated carbocycles. The van der Waals surface area contributed by atoms with Crippen molar-refractivity contribution in [1.82, 2.24) is 0 Å². The second-order valence-electron chi connectivity index (χ2n) is 1.04. The number of hydrogen-bond acceptors (Lipinski definition) is 2. The Morgan fingerprint density at radius 2 is 2.38 bits per heavy atom. The summed E-state index contributed by atoms with van der Waals surface area (Å²) in [6.45, 7) is 0. The first-order chi connectivity index (χ1) is 3.39. The van der Waals surface area contributed by atoms with Crippen molar-refractivity contribution in [3.05, 3.63) is 34.9 Å². The van der Waals surface area contributed by atoms with Gasteiger partial charge in [-0.05, 0) is 0 Å². The number of rotatable bonds is 0. The van der Waals surface area contributed by atoms with Crippen LogP contribution < -0.4 is 5.63 Å². The molecule has 0 N–H and O–H groups in total. The third-order valence-corrected chi connectivity index (χ3v) is 0.551. The molecule has 0 atom stereocenters. The van der Waals surface area contributed by atoms with Gasteiger partial charge < -0.3 is 4.42 Å². The average Bonchev–Trinajstić information content (AvgIpc) is 1.69. The monoisotopic (exact) mass is 160 g/mol. The van der Waals surface area contributed by atoms with Crippen molar-refractivity contribution in [2.24, 2.45) is 0 Å². The molecule has 0 spiro atoms. The van der Waals surface area contributed by atoms with E-state index in [0.717, 1.165) is 0 Å². The summed E-state index contributed by atoms with van der Waals surface area (Å²) < 4.78 is 4.32. The van der Waals surface area contributed by atoms with E-state index < -0.39 is 5.63 Å². The summed E-state index contributed by atoms with van der Waals surface area (Å²) in [6.07, 6.45) is 1.32. The molecule has 3 heteroatoms. The molecule has 38 valence electrons. The third-order valence-electron chi connectivity index (χ3n) is 0.551. The normalized spacial score (nSPS) is 7.50. The second-order valence-corrected chi connectivity index (χ2v) is 1.04. The molecule has 0 aliphatic heterocycles. The molecule has 0 aromatic carbocycles. The predicted molar refractivity (Wildman–Crippen MR) is 25.2 cm³/mol. The zero-order valence-corrected chi connectivity index (χ0v) is 8.74. The van der Waals surface area contributed by atoms with Crippen LogP contribution in [0.1, 0.15) is 0 Å². The van der Waals surface area contributed by atoms with Gasteiger partial charge in [0, 0.05) is 6.26 Å². The van der Waals surface area contributed by atoms with E-state index in [1.165, 1.54) is 12.3 Å². The van der Waals surface area contributed by atoms with Gasteiger partial charge in [0.2, 0.25) is 5.63 Å². The molecule has 1 heterocycles. The molecular weight excluding hydrogens is 157 g/mol. The quantitative estimate of drug-likeness (QED) is 0.401. The van der Waals surface area contributed by atoms with E-state index in [1.54, 1.807) is 6.07 Å². The van der Waals surface area contributed by atoms with Gasteiger partial charge in [0.05, 0.1) is 0 Å². The number of hydrogen-bond donors (Lipinski definition) is 0. The fourth-order valence-electron chi connectivity index (χ4n) is 0.291. The van der Waals surface area contributed by atoms with E-state index in [1.807, 2.05) is 0 Å². The Kier molecular flexibility index (Phi) is 3.37. The van der Waals surface area contributed by atoms with Crippen molar-refractivity contribution in [3.8, 4) is 0 Å². The van der Waals surface area contributed by atoms with Crippen LogP contribution in [0.2, 0.25) is 0 Å². The standard InChI is InChI=1S/C5H3O2.Zn.H/c6-5-3-1-2-4-7-5;;/h1-2,4H;;/q-1;+1;. The summed E-state index contributed by atoms with van der Waals surface area (Å²) in [5, 5.41) is 0. The van der Waals surface area contributed by atoms with E-state index in [2.05, 4.69) is 10.5 Å². The summed E-state index contributed by atoms with van der Waals surface area (Å²) in [6, 6.07) is 5.41. The molecule has 8 heavy (non-hydrogen) atoms. The molecule has 2 nitrogen and oxygen atoms in total. The minimum absolute atomic E-state index is 0. The Morgan fingerprint density at radius 3 is 2.62 bits per heavy atom. The molecule has 1 aromatic rings. The van der Waals surface area contributed by atoms with Gasteiger partial charge in [0.1, 0.15) is 0 Å². The molecule has 0 fully saturated rings. The van der Waals surface area contributed by atoms with E-state index in [9.17, 15) is 4.79 Å². The molecule has 0 saturated heterocycles. The van der Waals surface area contributed by atoms with Crippen LogP contribution in [0.5, 0.6) is 0 Å². The van der Waals surface area contributed by atoms with Crippen molar-refractivity contribution in [3.63, 3.8) is 0 Å². The van der Waals surface area contributed by atoms with Gasteiger partial charge in [-0.2, -0.15) is 12.1 Å². The van der Waals surface area contributed by atoms with E-state index in [0.29, 0.717) is 0 Å². The molecule has 1 aromatic heterocycles. The van der Waals surface area contributed by atoms with Crippen LogP contribution >= 0.6 is 0 Å². The van der Waals surface area contributed by atoms with Crippen LogP contribution in [0.3, 0.4) is 0 Å². The van der Waals surface area contributed by atoms with Crippen molar-refractivity contribution in [1.29, 1.82) is 0 Å². The van der Waals surface area contributed by atoms with Crippen LogP contribution in [-0.2, 0) is 19.5 Å². The molecular formula is C5H4O2Zn. The van der Waals surface area contributed by atoms with Gasteiger partial charge in [-0.1, -0.05) is 0 Å². The van der Waals surface area contributed by atoms with Gasteiger partial charge in [0.25, 0.3) is 0 Å².